The fourth-order valence-electron chi connectivity index (χ4n) is 1.54. The van der Waals surface area contributed by atoms with Crippen LogP contribution in [0.15, 0.2) is 17.9 Å². The molecule has 0 bridgehead atoms. The topological polar surface area (TPSA) is 50.7 Å². The Hall–Kier alpha value is -1.20. The van der Waals surface area contributed by atoms with E-state index >= 15 is 0 Å². The van der Waals surface area contributed by atoms with Gasteiger partial charge in [-0.2, -0.15) is 0 Å². The molecule has 0 spiro atoms. The van der Waals surface area contributed by atoms with Gasteiger partial charge in [-0.15, -0.1) is 11.3 Å². The zero-order chi connectivity index (χ0) is 12.3. The molecule has 0 aliphatic rings. The van der Waals surface area contributed by atoms with Crippen LogP contribution in [0, 0.1) is 0 Å². The van der Waals surface area contributed by atoms with E-state index in [2.05, 4.69) is 20.3 Å². The van der Waals surface area contributed by atoms with E-state index in [0.29, 0.717) is 5.15 Å². The second-order valence-electron chi connectivity index (χ2n) is 3.58. The summed E-state index contributed by atoms with van der Waals surface area (Å²) in [5.41, 5.74) is 0.942. The Bertz CT molecular complexity index is 486. The molecular weight excluding hydrogens is 256 g/mol. The van der Waals surface area contributed by atoms with Gasteiger partial charge in [-0.05, 0) is 13.3 Å². The molecule has 0 radical (unpaired) electrons. The molecule has 17 heavy (non-hydrogen) atoms. The number of hydrogen-bond acceptors (Lipinski definition) is 5. The van der Waals surface area contributed by atoms with Crippen molar-refractivity contribution in [2.45, 2.75) is 26.3 Å². The van der Waals surface area contributed by atoms with E-state index in [0.717, 1.165) is 22.8 Å². The van der Waals surface area contributed by atoms with E-state index in [1.165, 1.54) is 6.33 Å². The normalized spacial score (nSPS) is 12.4. The Labute approximate surface area is 109 Å². The number of nitrogens with zero attached hydrogens (tertiary/aromatic N) is 3. The van der Waals surface area contributed by atoms with Crippen molar-refractivity contribution >= 4 is 28.8 Å². The van der Waals surface area contributed by atoms with Gasteiger partial charge in [0.05, 0.1) is 6.04 Å². The van der Waals surface area contributed by atoms with Crippen molar-refractivity contribution in [2.75, 3.05) is 5.32 Å². The number of thiazole rings is 1. The van der Waals surface area contributed by atoms with Gasteiger partial charge in [-0.1, -0.05) is 18.5 Å². The van der Waals surface area contributed by atoms with Crippen LogP contribution >= 0.6 is 22.9 Å². The molecule has 90 valence electrons. The third-order valence-corrected chi connectivity index (χ3v) is 3.71. The zero-order valence-corrected chi connectivity index (χ0v) is 11.2. The summed E-state index contributed by atoms with van der Waals surface area (Å²) in [7, 11) is 0. The van der Waals surface area contributed by atoms with Crippen LogP contribution in [0.5, 0.6) is 0 Å². The van der Waals surface area contributed by atoms with E-state index in [1.807, 2.05) is 19.2 Å². The van der Waals surface area contributed by atoms with Crippen LogP contribution in [0.3, 0.4) is 0 Å². The maximum Gasteiger partial charge on any atom is 0.137 e. The molecule has 1 unspecified atom stereocenters. The van der Waals surface area contributed by atoms with Crippen molar-refractivity contribution in [3.63, 3.8) is 0 Å². The SMILES string of the molecule is CCc1c(Cl)ncnc1NC(C)c1nccs1. The highest BCUT2D eigenvalue weighted by atomic mass is 35.5. The summed E-state index contributed by atoms with van der Waals surface area (Å²) >= 11 is 7.65. The molecule has 0 fully saturated rings. The van der Waals surface area contributed by atoms with Gasteiger partial charge < -0.3 is 5.32 Å². The molecule has 0 saturated heterocycles. The highest BCUT2D eigenvalue weighted by Gasteiger charge is 2.13. The molecule has 2 aromatic heterocycles. The van der Waals surface area contributed by atoms with Crippen molar-refractivity contribution < 1.29 is 0 Å². The number of halogens is 1. The van der Waals surface area contributed by atoms with E-state index in [-0.39, 0.29) is 6.04 Å². The summed E-state index contributed by atoms with van der Waals surface area (Å²) in [6, 6.07) is 0.117. The van der Waals surface area contributed by atoms with E-state index in [1.54, 1.807) is 17.5 Å². The van der Waals surface area contributed by atoms with Crippen molar-refractivity contribution in [1.29, 1.82) is 0 Å². The molecule has 1 atom stereocenters. The maximum absolute atomic E-state index is 6.03. The van der Waals surface area contributed by atoms with Crippen LogP contribution in [-0.4, -0.2) is 15.0 Å². The van der Waals surface area contributed by atoms with Gasteiger partial charge in [0.15, 0.2) is 0 Å². The predicted octanol–water partition coefficient (Wildman–Crippen LogP) is 3.32. The molecule has 1 N–H and O–H groups in total. The van der Waals surface area contributed by atoms with E-state index in [9.17, 15) is 0 Å². The molecule has 2 heterocycles. The van der Waals surface area contributed by atoms with Gasteiger partial charge in [0.2, 0.25) is 0 Å². The summed E-state index contributed by atoms with van der Waals surface area (Å²) in [5.74, 6) is 0.787. The lowest BCUT2D eigenvalue weighted by Crippen LogP contribution is -2.10. The number of nitrogens with one attached hydrogen (secondary N) is 1. The molecule has 0 saturated carbocycles. The Balaban J connectivity index is 2.21. The Morgan fingerprint density at radius 1 is 1.41 bits per heavy atom. The van der Waals surface area contributed by atoms with Crippen LogP contribution in [-0.2, 0) is 6.42 Å². The fraction of sp³-hybridized carbons (Fsp3) is 0.364. The monoisotopic (exact) mass is 268 g/mol. The third kappa shape index (κ3) is 2.73. The van der Waals surface area contributed by atoms with Crippen molar-refractivity contribution in [1.82, 2.24) is 15.0 Å². The second kappa shape index (κ2) is 5.42. The first-order valence-corrected chi connectivity index (χ1v) is 6.63. The number of rotatable bonds is 4. The van der Waals surface area contributed by atoms with E-state index < -0.39 is 0 Å². The van der Waals surface area contributed by atoms with Gasteiger partial charge in [0.1, 0.15) is 22.3 Å². The van der Waals surface area contributed by atoms with Gasteiger partial charge in [0, 0.05) is 17.1 Å². The Morgan fingerprint density at radius 3 is 2.88 bits per heavy atom. The molecule has 2 aromatic rings. The summed E-state index contributed by atoms with van der Waals surface area (Å²) in [6.07, 6.45) is 4.07. The minimum Gasteiger partial charge on any atom is -0.361 e. The molecule has 0 aromatic carbocycles. The first kappa shape index (κ1) is 12.3. The first-order valence-electron chi connectivity index (χ1n) is 5.37. The molecule has 0 aliphatic heterocycles. The van der Waals surface area contributed by atoms with Gasteiger partial charge in [-0.3, -0.25) is 0 Å². The Kier molecular flexibility index (Phi) is 3.91. The molecule has 0 aliphatic carbocycles. The highest BCUT2D eigenvalue weighted by molar-refractivity contribution is 7.09. The lowest BCUT2D eigenvalue weighted by Gasteiger charge is -2.14. The average Bonchev–Trinajstić information content (AvgIpc) is 2.82. The molecule has 4 nitrogen and oxygen atoms in total. The Morgan fingerprint density at radius 2 is 2.24 bits per heavy atom. The van der Waals surface area contributed by atoms with Gasteiger partial charge in [-0.25, -0.2) is 15.0 Å². The van der Waals surface area contributed by atoms with Crippen LogP contribution < -0.4 is 5.32 Å². The maximum atomic E-state index is 6.03. The van der Waals surface area contributed by atoms with Crippen molar-refractivity contribution in [3.8, 4) is 0 Å². The molecule has 0 amide bonds. The fourth-order valence-corrected chi connectivity index (χ4v) is 2.46. The summed E-state index contributed by atoms with van der Waals surface area (Å²) in [5, 5.41) is 6.82. The largest absolute Gasteiger partial charge is 0.361 e. The van der Waals surface area contributed by atoms with Crippen molar-refractivity contribution in [2.24, 2.45) is 0 Å². The molecular formula is C11H13ClN4S. The molecule has 2 rings (SSSR count). The minimum atomic E-state index is 0.117. The lowest BCUT2D eigenvalue weighted by atomic mass is 10.2. The zero-order valence-electron chi connectivity index (χ0n) is 9.64. The lowest BCUT2D eigenvalue weighted by molar-refractivity contribution is 0.850. The smallest absolute Gasteiger partial charge is 0.137 e. The van der Waals surface area contributed by atoms with Gasteiger partial charge >= 0.3 is 0 Å². The van der Waals surface area contributed by atoms with Crippen LogP contribution in [0.4, 0.5) is 5.82 Å². The standard InChI is InChI=1S/C11H13ClN4S/c1-3-8-9(12)14-6-15-10(8)16-7(2)11-13-4-5-17-11/h4-7H,3H2,1-2H3,(H,14,15,16). The number of hydrogen-bond donors (Lipinski definition) is 1. The van der Waals surface area contributed by atoms with Crippen LogP contribution in [0.1, 0.15) is 30.5 Å². The quantitative estimate of drug-likeness (QED) is 0.865. The summed E-state index contributed by atoms with van der Waals surface area (Å²) < 4.78 is 0. The van der Waals surface area contributed by atoms with Crippen LogP contribution in [0.2, 0.25) is 5.15 Å². The van der Waals surface area contributed by atoms with Crippen LogP contribution in [0.25, 0.3) is 0 Å². The predicted molar refractivity (Wildman–Crippen MR) is 70.6 cm³/mol. The molecule has 6 heteroatoms. The van der Waals surface area contributed by atoms with E-state index in [4.69, 9.17) is 11.6 Å². The first-order chi connectivity index (χ1) is 8.22. The minimum absolute atomic E-state index is 0.117. The summed E-state index contributed by atoms with van der Waals surface area (Å²) in [4.78, 5) is 12.5. The third-order valence-electron chi connectivity index (χ3n) is 2.42. The second-order valence-corrected chi connectivity index (χ2v) is 4.87. The number of aromatic nitrogens is 3. The summed E-state index contributed by atoms with van der Waals surface area (Å²) in [6.45, 7) is 4.08. The van der Waals surface area contributed by atoms with Gasteiger partial charge in [0.25, 0.3) is 0 Å². The highest BCUT2D eigenvalue weighted by Crippen LogP contribution is 2.25. The number of anilines is 1. The average molecular weight is 269 g/mol. The van der Waals surface area contributed by atoms with Crippen molar-refractivity contribution in [3.05, 3.63) is 33.6 Å².